The van der Waals surface area contributed by atoms with Gasteiger partial charge in [-0.25, -0.2) is 0 Å². The molecular weight excluding hydrogens is 308 g/mol. The van der Waals surface area contributed by atoms with E-state index in [-0.39, 0.29) is 6.23 Å². The molecule has 0 aliphatic heterocycles. The summed E-state index contributed by atoms with van der Waals surface area (Å²) in [6.45, 7) is 6.39. The van der Waals surface area contributed by atoms with Gasteiger partial charge in [0.15, 0.2) is 0 Å². The maximum absolute atomic E-state index is 5.49. The highest BCUT2D eigenvalue weighted by atomic mass is 28.1. The average Bonchev–Trinajstić information content (AvgIpc) is 2.60. The lowest BCUT2D eigenvalue weighted by Crippen LogP contribution is -2.45. The van der Waals surface area contributed by atoms with E-state index in [4.69, 9.17) is 14.2 Å². The number of benzene rings is 1. The SMILES string of the molecule is C=CN(CCNC(CC([SiH3])(OC)OC)OC)Cc1ccccc1. The largest absolute Gasteiger partial charge is 0.372 e. The van der Waals surface area contributed by atoms with Crippen molar-refractivity contribution in [1.29, 1.82) is 0 Å². The molecular formula is C17H30N2O3Si. The summed E-state index contributed by atoms with van der Waals surface area (Å²) in [5, 5.41) is 3.39. The van der Waals surface area contributed by atoms with Crippen molar-refractivity contribution >= 4 is 10.2 Å². The number of nitrogens with one attached hydrogen (secondary N) is 1. The van der Waals surface area contributed by atoms with Gasteiger partial charge in [-0.15, -0.1) is 0 Å². The summed E-state index contributed by atoms with van der Waals surface area (Å²) in [7, 11) is 5.80. The molecule has 0 saturated carbocycles. The Bertz CT molecular complexity index is 441. The zero-order valence-electron chi connectivity index (χ0n) is 14.7. The molecule has 1 atom stereocenters. The van der Waals surface area contributed by atoms with Crippen LogP contribution in [0, 0.1) is 0 Å². The van der Waals surface area contributed by atoms with E-state index in [1.165, 1.54) is 5.56 Å². The zero-order valence-corrected chi connectivity index (χ0v) is 16.7. The number of methoxy groups -OCH3 is 3. The fourth-order valence-corrected chi connectivity index (χ4v) is 2.62. The molecule has 1 aromatic carbocycles. The molecule has 130 valence electrons. The fourth-order valence-electron chi connectivity index (χ4n) is 2.25. The van der Waals surface area contributed by atoms with E-state index in [1.54, 1.807) is 21.3 Å². The third-order valence-corrected chi connectivity index (χ3v) is 5.19. The number of rotatable bonds is 12. The molecule has 23 heavy (non-hydrogen) atoms. The summed E-state index contributed by atoms with van der Waals surface area (Å²) >= 11 is 0. The first kappa shape index (κ1) is 19.9. The highest BCUT2D eigenvalue weighted by Gasteiger charge is 2.27. The summed E-state index contributed by atoms with van der Waals surface area (Å²) in [4.78, 5) is 2.18. The first-order chi connectivity index (χ1) is 11.1. The molecule has 5 nitrogen and oxygen atoms in total. The van der Waals surface area contributed by atoms with Gasteiger partial charge in [0.2, 0.25) is 0 Å². The molecule has 1 rings (SSSR count). The lowest BCUT2D eigenvalue weighted by atomic mass is 10.2. The minimum atomic E-state index is -0.518. The molecule has 0 bridgehead atoms. The quantitative estimate of drug-likeness (QED) is 0.453. The highest BCUT2D eigenvalue weighted by molar-refractivity contribution is 6.13. The Balaban J connectivity index is 2.41. The minimum Gasteiger partial charge on any atom is -0.372 e. The van der Waals surface area contributed by atoms with E-state index in [0.29, 0.717) is 6.42 Å². The molecule has 0 aliphatic carbocycles. The summed E-state index contributed by atoms with van der Waals surface area (Å²) in [6.07, 6.45) is 2.43. The van der Waals surface area contributed by atoms with Crippen LogP contribution in [-0.4, -0.2) is 61.2 Å². The van der Waals surface area contributed by atoms with Crippen LogP contribution in [0.5, 0.6) is 0 Å². The van der Waals surface area contributed by atoms with Crippen molar-refractivity contribution in [2.45, 2.75) is 24.6 Å². The monoisotopic (exact) mass is 338 g/mol. The topological polar surface area (TPSA) is 43.0 Å². The second-order valence-corrected chi connectivity index (χ2v) is 7.09. The Labute approximate surface area is 143 Å². The van der Waals surface area contributed by atoms with Crippen LogP contribution in [0.1, 0.15) is 12.0 Å². The smallest absolute Gasteiger partial charge is 0.144 e. The van der Waals surface area contributed by atoms with Crippen LogP contribution in [0.15, 0.2) is 43.1 Å². The average molecular weight is 339 g/mol. The molecule has 1 aromatic rings. The van der Waals surface area contributed by atoms with Gasteiger partial charge in [-0.2, -0.15) is 0 Å². The number of ether oxygens (including phenoxy) is 3. The molecule has 0 aliphatic rings. The van der Waals surface area contributed by atoms with Crippen LogP contribution < -0.4 is 5.32 Å². The fraction of sp³-hybridized carbons (Fsp3) is 0.529. The second kappa shape index (κ2) is 10.6. The van der Waals surface area contributed by atoms with E-state index >= 15 is 0 Å². The number of hydrogen-bond acceptors (Lipinski definition) is 5. The van der Waals surface area contributed by atoms with E-state index in [0.717, 1.165) is 29.9 Å². The summed E-state index contributed by atoms with van der Waals surface area (Å²) < 4.78 is 16.4. The first-order valence-corrected chi connectivity index (χ1v) is 8.84. The normalized spacial score (nSPS) is 13.0. The minimum absolute atomic E-state index is 0.101. The number of nitrogens with zero attached hydrogens (tertiary/aromatic N) is 1. The lowest BCUT2D eigenvalue weighted by molar-refractivity contribution is -0.166. The van der Waals surface area contributed by atoms with Gasteiger partial charge in [-0.05, 0) is 11.8 Å². The van der Waals surface area contributed by atoms with Crippen LogP contribution in [0.2, 0.25) is 0 Å². The third kappa shape index (κ3) is 7.28. The summed E-state index contributed by atoms with van der Waals surface area (Å²) in [5.41, 5.74) is 0.753. The van der Waals surface area contributed by atoms with Crippen LogP contribution in [-0.2, 0) is 20.8 Å². The number of hydrogen-bond donors (Lipinski definition) is 1. The molecule has 0 heterocycles. The van der Waals surface area contributed by atoms with Crippen molar-refractivity contribution in [3.63, 3.8) is 0 Å². The molecule has 0 amide bonds. The molecule has 6 heteroatoms. The lowest BCUT2D eigenvalue weighted by Gasteiger charge is -2.31. The van der Waals surface area contributed by atoms with Gasteiger partial charge in [0.05, 0.1) is 10.2 Å². The molecule has 1 unspecified atom stereocenters. The molecule has 0 fully saturated rings. The Morgan fingerprint density at radius 1 is 1.26 bits per heavy atom. The van der Waals surface area contributed by atoms with Gasteiger partial charge in [-0.1, -0.05) is 36.9 Å². The van der Waals surface area contributed by atoms with Crippen LogP contribution in [0.4, 0.5) is 0 Å². The molecule has 0 radical (unpaired) electrons. The maximum atomic E-state index is 5.49. The highest BCUT2D eigenvalue weighted by Crippen LogP contribution is 2.14. The Kier molecular flexibility index (Phi) is 9.12. The Morgan fingerprint density at radius 3 is 2.43 bits per heavy atom. The van der Waals surface area contributed by atoms with E-state index in [9.17, 15) is 0 Å². The predicted molar refractivity (Wildman–Crippen MR) is 97.2 cm³/mol. The van der Waals surface area contributed by atoms with E-state index < -0.39 is 5.41 Å². The van der Waals surface area contributed by atoms with Crippen LogP contribution in [0.25, 0.3) is 0 Å². The Morgan fingerprint density at radius 2 is 1.91 bits per heavy atom. The predicted octanol–water partition coefficient (Wildman–Crippen LogP) is 0.896. The molecule has 1 N–H and O–H groups in total. The first-order valence-electron chi connectivity index (χ1n) is 7.84. The van der Waals surface area contributed by atoms with Crippen molar-refractivity contribution in [2.24, 2.45) is 0 Å². The van der Waals surface area contributed by atoms with Gasteiger partial charge in [0.1, 0.15) is 11.6 Å². The van der Waals surface area contributed by atoms with Gasteiger partial charge in [0, 0.05) is 47.4 Å². The van der Waals surface area contributed by atoms with Gasteiger partial charge in [-0.3, -0.25) is 5.32 Å². The second-order valence-electron chi connectivity index (χ2n) is 5.56. The molecule has 0 saturated heterocycles. The van der Waals surface area contributed by atoms with Crippen LogP contribution in [0.3, 0.4) is 0 Å². The standard InChI is InChI=1S/C17H30N2O3Si/c1-5-19(14-15-9-7-6-8-10-15)12-11-18-16(20-2)13-17(23,21-3)22-4/h5-10,16,18H,1,11-14H2,2-4,23H3. The van der Waals surface area contributed by atoms with Crippen LogP contribution >= 0.6 is 0 Å². The van der Waals surface area contributed by atoms with Crippen molar-refractivity contribution < 1.29 is 14.2 Å². The van der Waals surface area contributed by atoms with Crippen molar-refractivity contribution in [2.75, 3.05) is 34.4 Å². The van der Waals surface area contributed by atoms with Crippen molar-refractivity contribution in [3.8, 4) is 0 Å². The van der Waals surface area contributed by atoms with E-state index in [2.05, 4.69) is 41.1 Å². The van der Waals surface area contributed by atoms with E-state index in [1.807, 2.05) is 12.3 Å². The van der Waals surface area contributed by atoms with Gasteiger partial charge >= 0.3 is 0 Å². The van der Waals surface area contributed by atoms with Crippen molar-refractivity contribution in [1.82, 2.24) is 10.2 Å². The van der Waals surface area contributed by atoms with Gasteiger partial charge < -0.3 is 19.1 Å². The Hall–Kier alpha value is -1.18. The molecule has 0 aromatic heterocycles. The van der Waals surface area contributed by atoms with Crippen molar-refractivity contribution in [3.05, 3.63) is 48.7 Å². The maximum Gasteiger partial charge on any atom is 0.144 e. The molecule has 0 spiro atoms. The summed E-state index contributed by atoms with van der Waals surface area (Å²) in [5.74, 6) is 0. The zero-order chi connectivity index (χ0) is 17.1. The van der Waals surface area contributed by atoms with Gasteiger partial charge in [0.25, 0.3) is 0 Å². The summed E-state index contributed by atoms with van der Waals surface area (Å²) in [6, 6.07) is 10.4. The third-order valence-electron chi connectivity index (χ3n) is 3.96.